The van der Waals surface area contributed by atoms with Gasteiger partial charge in [-0.15, -0.1) is 0 Å². The van der Waals surface area contributed by atoms with Crippen LogP contribution in [0.15, 0.2) is 54.6 Å². The van der Waals surface area contributed by atoms with E-state index in [9.17, 15) is 9.59 Å². The summed E-state index contributed by atoms with van der Waals surface area (Å²) in [5.74, 6) is 0.260. The Kier molecular flexibility index (Phi) is 6.62. The molecule has 0 aliphatic carbocycles. The lowest BCUT2D eigenvalue weighted by Crippen LogP contribution is -2.37. The Balaban J connectivity index is 1.44. The number of primary amides is 1. The number of benzene rings is 2. The number of ether oxygens (including phenoxy) is 1. The van der Waals surface area contributed by atoms with E-state index in [1.54, 1.807) is 12.1 Å². The third kappa shape index (κ3) is 5.55. The Morgan fingerprint density at radius 2 is 1.79 bits per heavy atom. The van der Waals surface area contributed by atoms with Gasteiger partial charge in [0.15, 0.2) is 6.61 Å². The first-order valence-corrected chi connectivity index (χ1v) is 9.31. The molecule has 1 aliphatic heterocycles. The van der Waals surface area contributed by atoms with Gasteiger partial charge in [0, 0.05) is 31.6 Å². The molecule has 28 heavy (non-hydrogen) atoms. The van der Waals surface area contributed by atoms with Crippen LogP contribution in [0.2, 0.25) is 0 Å². The second-order valence-electron chi connectivity index (χ2n) is 7.05. The van der Waals surface area contributed by atoms with Crippen molar-refractivity contribution in [2.24, 2.45) is 11.5 Å². The largest absolute Gasteiger partial charge is 0.484 e. The molecule has 7 nitrogen and oxygen atoms in total. The standard InChI is InChI=1S/C21H26N4O3/c22-19-12-25(11-18(19)16-4-2-1-3-5-16)13-21(27)24-10-15-6-8-17(9-7-15)28-14-20(23)26/h1-9,18-19H,10-14,22H2,(H2,23,26)(H,24,27)/t18-,19+/m0/s1. The number of carbonyl (C=O) groups is 2. The number of amides is 2. The quantitative estimate of drug-likeness (QED) is 0.619. The van der Waals surface area contributed by atoms with Gasteiger partial charge in [0.25, 0.3) is 5.91 Å². The van der Waals surface area contributed by atoms with Crippen molar-refractivity contribution in [3.8, 4) is 5.75 Å². The van der Waals surface area contributed by atoms with Crippen LogP contribution in [0, 0.1) is 0 Å². The number of nitrogens with zero attached hydrogens (tertiary/aromatic N) is 1. The number of hydrogen-bond acceptors (Lipinski definition) is 5. The summed E-state index contributed by atoms with van der Waals surface area (Å²) in [4.78, 5) is 25.1. The fraction of sp³-hybridized carbons (Fsp3) is 0.333. The lowest BCUT2D eigenvalue weighted by Gasteiger charge is -2.16. The van der Waals surface area contributed by atoms with Crippen molar-refractivity contribution in [1.29, 1.82) is 0 Å². The average Bonchev–Trinajstić information content (AvgIpc) is 3.06. The molecule has 3 rings (SSSR count). The molecular formula is C21H26N4O3. The summed E-state index contributed by atoms with van der Waals surface area (Å²) in [6, 6.07) is 17.4. The van der Waals surface area contributed by atoms with Crippen molar-refractivity contribution >= 4 is 11.8 Å². The van der Waals surface area contributed by atoms with Crippen molar-refractivity contribution in [3.63, 3.8) is 0 Å². The Morgan fingerprint density at radius 1 is 1.07 bits per heavy atom. The van der Waals surface area contributed by atoms with Crippen molar-refractivity contribution in [1.82, 2.24) is 10.2 Å². The average molecular weight is 382 g/mol. The molecule has 2 aromatic carbocycles. The van der Waals surface area contributed by atoms with Gasteiger partial charge in [0.1, 0.15) is 5.75 Å². The van der Waals surface area contributed by atoms with E-state index in [2.05, 4.69) is 22.3 Å². The van der Waals surface area contributed by atoms with Crippen LogP contribution in [0.25, 0.3) is 0 Å². The Morgan fingerprint density at radius 3 is 2.46 bits per heavy atom. The molecule has 1 fully saturated rings. The fourth-order valence-electron chi connectivity index (χ4n) is 3.41. The van der Waals surface area contributed by atoms with E-state index in [1.165, 1.54) is 5.56 Å². The van der Waals surface area contributed by atoms with Crippen LogP contribution in [0.5, 0.6) is 5.75 Å². The van der Waals surface area contributed by atoms with Gasteiger partial charge in [0.05, 0.1) is 6.54 Å². The van der Waals surface area contributed by atoms with Crippen LogP contribution < -0.4 is 21.5 Å². The molecular weight excluding hydrogens is 356 g/mol. The highest BCUT2D eigenvalue weighted by atomic mass is 16.5. The number of rotatable bonds is 8. The smallest absolute Gasteiger partial charge is 0.255 e. The number of hydrogen-bond donors (Lipinski definition) is 3. The molecule has 0 bridgehead atoms. The summed E-state index contributed by atoms with van der Waals surface area (Å²) in [5, 5.41) is 2.93. The highest BCUT2D eigenvalue weighted by Gasteiger charge is 2.31. The summed E-state index contributed by atoms with van der Waals surface area (Å²) in [6.45, 7) is 2.09. The molecule has 0 radical (unpaired) electrons. The lowest BCUT2D eigenvalue weighted by molar-refractivity contribution is -0.122. The highest BCUT2D eigenvalue weighted by molar-refractivity contribution is 5.78. The molecule has 0 unspecified atom stereocenters. The minimum absolute atomic E-state index is 0.0307. The second kappa shape index (κ2) is 9.34. The van der Waals surface area contributed by atoms with Crippen molar-refractivity contribution in [3.05, 3.63) is 65.7 Å². The summed E-state index contributed by atoms with van der Waals surface area (Å²) in [5.41, 5.74) is 13.5. The van der Waals surface area contributed by atoms with Gasteiger partial charge in [0.2, 0.25) is 5.91 Å². The molecule has 0 aromatic heterocycles. The zero-order chi connectivity index (χ0) is 19.9. The summed E-state index contributed by atoms with van der Waals surface area (Å²) < 4.78 is 5.21. The number of carbonyl (C=O) groups excluding carboxylic acids is 2. The molecule has 2 aromatic rings. The molecule has 148 valence electrons. The van der Waals surface area contributed by atoms with E-state index in [-0.39, 0.29) is 24.5 Å². The van der Waals surface area contributed by atoms with Crippen LogP contribution in [0.3, 0.4) is 0 Å². The monoisotopic (exact) mass is 382 g/mol. The second-order valence-corrected chi connectivity index (χ2v) is 7.05. The van der Waals surface area contributed by atoms with E-state index >= 15 is 0 Å². The Labute approximate surface area is 164 Å². The molecule has 5 N–H and O–H groups in total. The van der Waals surface area contributed by atoms with Crippen molar-refractivity contribution in [2.75, 3.05) is 26.2 Å². The number of nitrogens with two attached hydrogens (primary N) is 2. The third-order valence-corrected chi connectivity index (χ3v) is 4.83. The van der Waals surface area contributed by atoms with Gasteiger partial charge in [-0.1, -0.05) is 42.5 Å². The van der Waals surface area contributed by atoms with E-state index in [0.29, 0.717) is 25.4 Å². The van der Waals surface area contributed by atoms with E-state index in [4.69, 9.17) is 16.2 Å². The van der Waals surface area contributed by atoms with Gasteiger partial charge in [-0.3, -0.25) is 14.5 Å². The van der Waals surface area contributed by atoms with Crippen molar-refractivity contribution in [2.45, 2.75) is 18.5 Å². The van der Waals surface area contributed by atoms with Crippen LogP contribution in [-0.2, 0) is 16.1 Å². The molecule has 0 spiro atoms. The fourth-order valence-corrected chi connectivity index (χ4v) is 3.41. The van der Waals surface area contributed by atoms with Gasteiger partial charge >= 0.3 is 0 Å². The van der Waals surface area contributed by atoms with Gasteiger partial charge < -0.3 is 21.5 Å². The molecule has 2 amide bonds. The maximum atomic E-state index is 12.3. The first-order chi connectivity index (χ1) is 13.5. The summed E-state index contributed by atoms with van der Waals surface area (Å²) in [6.07, 6.45) is 0. The van der Waals surface area contributed by atoms with Crippen LogP contribution in [0.1, 0.15) is 17.0 Å². The van der Waals surface area contributed by atoms with Crippen LogP contribution in [-0.4, -0.2) is 49.0 Å². The predicted molar refractivity (Wildman–Crippen MR) is 107 cm³/mol. The minimum atomic E-state index is -0.521. The maximum Gasteiger partial charge on any atom is 0.255 e. The first-order valence-electron chi connectivity index (χ1n) is 9.31. The predicted octanol–water partition coefficient (Wildman–Crippen LogP) is 0.594. The highest BCUT2D eigenvalue weighted by Crippen LogP contribution is 2.25. The first kappa shape index (κ1) is 19.9. The van der Waals surface area contributed by atoms with Gasteiger partial charge in [-0.05, 0) is 23.3 Å². The van der Waals surface area contributed by atoms with Crippen molar-refractivity contribution < 1.29 is 14.3 Å². The molecule has 1 aliphatic rings. The van der Waals surface area contributed by atoms with Gasteiger partial charge in [-0.2, -0.15) is 0 Å². The number of nitrogens with one attached hydrogen (secondary N) is 1. The SMILES string of the molecule is NC(=O)COc1ccc(CNC(=O)CN2C[C@@H](N)[C@H](c3ccccc3)C2)cc1. The Hall–Kier alpha value is -2.90. The zero-order valence-electron chi connectivity index (χ0n) is 15.7. The maximum absolute atomic E-state index is 12.3. The molecule has 0 saturated carbocycles. The normalized spacial score (nSPS) is 19.3. The third-order valence-electron chi connectivity index (χ3n) is 4.83. The lowest BCUT2D eigenvalue weighted by atomic mass is 9.95. The number of likely N-dealkylation sites (tertiary alicyclic amines) is 1. The molecule has 2 atom stereocenters. The summed E-state index contributed by atoms with van der Waals surface area (Å²) in [7, 11) is 0. The zero-order valence-corrected chi connectivity index (χ0v) is 15.7. The molecule has 7 heteroatoms. The van der Waals surface area contributed by atoms with E-state index in [0.717, 1.165) is 12.1 Å². The summed E-state index contributed by atoms with van der Waals surface area (Å²) >= 11 is 0. The van der Waals surface area contributed by atoms with E-state index < -0.39 is 5.91 Å². The van der Waals surface area contributed by atoms with Crippen LogP contribution >= 0.6 is 0 Å². The van der Waals surface area contributed by atoms with Gasteiger partial charge in [-0.25, -0.2) is 0 Å². The topological polar surface area (TPSA) is 111 Å². The minimum Gasteiger partial charge on any atom is -0.484 e. The molecule has 1 heterocycles. The van der Waals surface area contributed by atoms with E-state index in [1.807, 2.05) is 30.3 Å². The Bertz CT molecular complexity index is 795. The molecule has 1 saturated heterocycles. The van der Waals surface area contributed by atoms with Crippen LogP contribution in [0.4, 0.5) is 0 Å².